The minimum atomic E-state index is -3.80. The minimum Gasteiger partial charge on any atom is -0.544 e. The van der Waals surface area contributed by atoms with Crippen LogP contribution in [0.5, 0.6) is 0 Å². The van der Waals surface area contributed by atoms with Crippen LogP contribution in [0.1, 0.15) is 5.56 Å². The molecular weight excluding hydrogens is 305 g/mol. The highest BCUT2D eigenvalue weighted by atomic mass is 127. The highest BCUT2D eigenvalue weighted by Gasteiger charge is 2.30. The third-order valence-electron chi connectivity index (χ3n) is 1.64. The van der Waals surface area contributed by atoms with Crippen molar-refractivity contribution in [1.82, 2.24) is 0 Å². The van der Waals surface area contributed by atoms with Gasteiger partial charge in [0.2, 0.25) is 0 Å². The van der Waals surface area contributed by atoms with E-state index >= 15 is 0 Å². The summed E-state index contributed by atoms with van der Waals surface area (Å²) in [6.07, 6.45) is -0.827. The minimum absolute atomic E-state index is 0.277. The van der Waals surface area contributed by atoms with Crippen molar-refractivity contribution in [3.8, 4) is 0 Å². The molecule has 0 aliphatic carbocycles. The normalized spacial score (nSPS) is 11.4. The zero-order chi connectivity index (χ0) is 10.8. The lowest BCUT2D eigenvalue weighted by Crippen LogP contribution is -2.42. The Morgan fingerprint density at radius 1 is 1.36 bits per heavy atom. The van der Waals surface area contributed by atoms with Gasteiger partial charge >= 0.3 is 0 Å². The fourth-order valence-electron chi connectivity index (χ4n) is 0.931. The van der Waals surface area contributed by atoms with Crippen LogP contribution in [0.3, 0.4) is 0 Å². The van der Waals surface area contributed by atoms with Gasteiger partial charge in [-0.25, -0.2) is 0 Å². The van der Waals surface area contributed by atoms with Crippen LogP contribution in [0.2, 0.25) is 0 Å². The number of alkyl halides is 2. The Kier molecular flexibility index (Phi) is 3.41. The van der Waals surface area contributed by atoms with E-state index in [1.165, 1.54) is 12.1 Å². The third kappa shape index (κ3) is 2.90. The molecule has 0 aliphatic heterocycles. The van der Waals surface area contributed by atoms with Gasteiger partial charge < -0.3 is 9.90 Å². The Morgan fingerprint density at radius 2 is 1.86 bits per heavy atom. The van der Waals surface area contributed by atoms with E-state index in [0.29, 0.717) is 0 Å². The number of halogens is 3. The molecule has 5 heteroatoms. The van der Waals surface area contributed by atoms with E-state index in [2.05, 4.69) is 0 Å². The molecule has 0 atom stereocenters. The van der Waals surface area contributed by atoms with Crippen LogP contribution >= 0.6 is 22.6 Å². The predicted molar refractivity (Wildman–Crippen MR) is 52.8 cm³/mol. The van der Waals surface area contributed by atoms with Crippen molar-refractivity contribution in [2.75, 3.05) is 0 Å². The summed E-state index contributed by atoms with van der Waals surface area (Å²) in [5.74, 6) is -6.14. The first kappa shape index (κ1) is 11.4. The van der Waals surface area contributed by atoms with E-state index in [9.17, 15) is 18.7 Å². The SMILES string of the molecule is O=C([O-])C(F)(F)Cc1ccc(I)cc1. The van der Waals surface area contributed by atoms with Gasteiger partial charge in [0.1, 0.15) is 5.97 Å². The van der Waals surface area contributed by atoms with E-state index in [1.807, 2.05) is 22.6 Å². The summed E-state index contributed by atoms with van der Waals surface area (Å²) in [7, 11) is 0. The maximum Gasteiger partial charge on any atom is 0.291 e. The van der Waals surface area contributed by atoms with Gasteiger partial charge in [-0.3, -0.25) is 0 Å². The van der Waals surface area contributed by atoms with Crippen molar-refractivity contribution >= 4 is 28.6 Å². The van der Waals surface area contributed by atoms with Gasteiger partial charge in [0, 0.05) is 9.99 Å². The Hall–Kier alpha value is -0.720. The molecule has 0 spiro atoms. The molecule has 0 heterocycles. The number of hydrogen-bond donors (Lipinski definition) is 0. The molecular formula is C9H6F2IO2-. The standard InChI is InChI=1S/C9H7F2IO2/c10-9(11,8(13)14)5-6-1-3-7(12)4-2-6/h1-4H,5H2,(H,13,14)/p-1. The van der Waals surface area contributed by atoms with Gasteiger partial charge in [-0.15, -0.1) is 0 Å². The van der Waals surface area contributed by atoms with Crippen LogP contribution < -0.4 is 5.11 Å². The van der Waals surface area contributed by atoms with Gasteiger partial charge in [0.05, 0.1) is 0 Å². The number of aliphatic carboxylic acids is 1. The van der Waals surface area contributed by atoms with Crippen molar-refractivity contribution in [3.63, 3.8) is 0 Å². The molecule has 0 amide bonds. The number of carboxylic acid groups (broad SMARTS) is 1. The fraction of sp³-hybridized carbons (Fsp3) is 0.222. The average molecular weight is 311 g/mol. The first-order chi connectivity index (χ1) is 6.42. The second-order valence-corrected chi connectivity index (χ2v) is 4.04. The van der Waals surface area contributed by atoms with E-state index in [0.717, 1.165) is 3.57 Å². The van der Waals surface area contributed by atoms with E-state index in [4.69, 9.17) is 0 Å². The number of rotatable bonds is 3. The van der Waals surface area contributed by atoms with E-state index < -0.39 is 18.3 Å². The smallest absolute Gasteiger partial charge is 0.291 e. The average Bonchev–Trinajstić information content (AvgIpc) is 2.08. The summed E-state index contributed by atoms with van der Waals surface area (Å²) in [6, 6.07) is 6.22. The van der Waals surface area contributed by atoms with Crippen molar-refractivity contribution < 1.29 is 18.7 Å². The first-order valence-electron chi connectivity index (χ1n) is 3.75. The lowest BCUT2D eigenvalue weighted by atomic mass is 10.1. The first-order valence-corrected chi connectivity index (χ1v) is 4.83. The van der Waals surface area contributed by atoms with Gasteiger partial charge in [-0.1, -0.05) is 12.1 Å². The monoisotopic (exact) mass is 311 g/mol. The van der Waals surface area contributed by atoms with E-state index in [1.54, 1.807) is 12.1 Å². The van der Waals surface area contributed by atoms with Crippen molar-refractivity contribution in [1.29, 1.82) is 0 Å². The molecule has 0 N–H and O–H groups in total. The lowest BCUT2D eigenvalue weighted by Gasteiger charge is -2.16. The molecule has 0 saturated heterocycles. The summed E-state index contributed by atoms with van der Waals surface area (Å²) in [4.78, 5) is 10.0. The Bertz CT molecular complexity index is 335. The zero-order valence-electron chi connectivity index (χ0n) is 6.97. The maximum absolute atomic E-state index is 12.7. The number of hydrogen-bond acceptors (Lipinski definition) is 2. The van der Waals surface area contributed by atoms with E-state index in [-0.39, 0.29) is 5.56 Å². The van der Waals surface area contributed by atoms with Gasteiger partial charge in [0.15, 0.2) is 0 Å². The van der Waals surface area contributed by atoms with Crippen LogP contribution in [0, 0.1) is 3.57 Å². The van der Waals surface area contributed by atoms with Crippen LogP contribution in [-0.4, -0.2) is 11.9 Å². The molecule has 76 valence electrons. The fourth-order valence-corrected chi connectivity index (χ4v) is 1.29. The topological polar surface area (TPSA) is 40.1 Å². The molecule has 0 bridgehead atoms. The summed E-state index contributed by atoms with van der Waals surface area (Å²) in [5, 5.41) is 10.0. The summed E-state index contributed by atoms with van der Waals surface area (Å²) in [6.45, 7) is 0. The molecule has 14 heavy (non-hydrogen) atoms. The third-order valence-corrected chi connectivity index (χ3v) is 2.36. The van der Waals surface area contributed by atoms with Crippen LogP contribution in [0.15, 0.2) is 24.3 Å². The van der Waals surface area contributed by atoms with Crippen LogP contribution in [0.4, 0.5) is 8.78 Å². The number of carboxylic acids is 1. The van der Waals surface area contributed by atoms with Crippen LogP contribution in [-0.2, 0) is 11.2 Å². The maximum atomic E-state index is 12.7. The largest absolute Gasteiger partial charge is 0.544 e. The quantitative estimate of drug-likeness (QED) is 0.788. The molecule has 1 aromatic rings. The molecule has 1 aromatic carbocycles. The Balaban J connectivity index is 2.79. The molecule has 0 saturated carbocycles. The van der Waals surface area contributed by atoms with Gasteiger partial charge in [-0.2, -0.15) is 8.78 Å². The highest BCUT2D eigenvalue weighted by Crippen LogP contribution is 2.19. The molecule has 0 radical (unpaired) electrons. The summed E-state index contributed by atoms with van der Waals surface area (Å²) >= 11 is 2.03. The molecule has 0 unspecified atom stereocenters. The van der Waals surface area contributed by atoms with Crippen molar-refractivity contribution in [2.24, 2.45) is 0 Å². The number of carbonyl (C=O) groups excluding carboxylic acids is 1. The zero-order valence-corrected chi connectivity index (χ0v) is 9.12. The van der Waals surface area contributed by atoms with Gasteiger partial charge in [0.25, 0.3) is 5.92 Å². The number of carbonyl (C=O) groups is 1. The molecule has 0 aliphatic rings. The summed E-state index contributed by atoms with van der Waals surface area (Å²) in [5.41, 5.74) is 0.277. The van der Waals surface area contributed by atoms with Crippen molar-refractivity contribution in [3.05, 3.63) is 33.4 Å². The van der Waals surface area contributed by atoms with Crippen molar-refractivity contribution in [2.45, 2.75) is 12.3 Å². The molecule has 2 nitrogen and oxygen atoms in total. The number of benzene rings is 1. The lowest BCUT2D eigenvalue weighted by molar-refractivity contribution is -0.329. The predicted octanol–water partition coefficient (Wildman–Crippen LogP) is 1.22. The Labute approximate surface area is 93.1 Å². The second-order valence-electron chi connectivity index (χ2n) is 2.80. The van der Waals surface area contributed by atoms with Crippen LogP contribution in [0.25, 0.3) is 0 Å². The van der Waals surface area contributed by atoms with Gasteiger partial charge in [-0.05, 0) is 40.3 Å². The molecule has 1 rings (SSSR count). The highest BCUT2D eigenvalue weighted by molar-refractivity contribution is 14.1. The summed E-state index contributed by atoms with van der Waals surface area (Å²) < 4.78 is 26.2. The molecule has 0 aromatic heterocycles. The second kappa shape index (κ2) is 4.20. The molecule has 0 fully saturated rings. The Morgan fingerprint density at radius 3 is 2.29 bits per heavy atom.